The van der Waals surface area contributed by atoms with Crippen molar-refractivity contribution in [2.24, 2.45) is 0 Å². The molecule has 1 aromatic rings. The van der Waals surface area contributed by atoms with Crippen LogP contribution in [0.3, 0.4) is 0 Å². The van der Waals surface area contributed by atoms with Crippen molar-refractivity contribution in [2.75, 3.05) is 32.1 Å². The number of hydrogen-bond donors (Lipinski definition) is 2. The van der Waals surface area contributed by atoms with Gasteiger partial charge < -0.3 is 15.4 Å². The second-order valence-electron chi connectivity index (χ2n) is 3.50. The van der Waals surface area contributed by atoms with E-state index in [1.54, 1.807) is 25.3 Å². The Labute approximate surface area is 111 Å². The molecular formula is C12H14ClN3O2. The highest BCUT2D eigenvalue weighted by Gasteiger charge is 2.05. The zero-order valence-corrected chi connectivity index (χ0v) is 10.8. The summed E-state index contributed by atoms with van der Waals surface area (Å²) in [5, 5.41) is 15.0. The van der Waals surface area contributed by atoms with Crippen LogP contribution in [0.25, 0.3) is 0 Å². The number of ether oxygens (including phenoxy) is 1. The molecule has 0 aliphatic rings. The summed E-state index contributed by atoms with van der Waals surface area (Å²) in [5.41, 5.74) is 0.996. The van der Waals surface area contributed by atoms with Gasteiger partial charge >= 0.3 is 0 Å². The van der Waals surface area contributed by atoms with E-state index in [1.807, 2.05) is 6.07 Å². The van der Waals surface area contributed by atoms with Gasteiger partial charge in [0.1, 0.15) is 6.07 Å². The van der Waals surface area contributed by atoms with E-state index in [4.69, 9.17) is 21.6 Å². The number of halogens is 1. The number of rotatable bonds is 6. The van der Waals surface area contributed by atoms with Crippen molar-refractivity contribution in [1.29, 1.82) is 5.26 Å². The van der Waals surface area contributed by atoms with Gasteiger partial charge in [-0.05, 0) is 18.2 Å². The molecule has 5 nitrogen and oxygen atoms in total. The average molecular weight is 268 g/mol. The number of nitriles is 1. The van der Waals surface area contributed by atoms with Crippen LogP contribution in [0.5, 0.6) is 0 Å². The van der Waals surface area contributed by atoms with Gasteiger partial charge in [-0.2, -0.15) is 5.26 Å². The summed E-state index contributed by atoms with van der Waals surface area (Å²) in [5.74, 6) is -0.161. The number of hydrogen-bond acceptors (Lipinski definition) is 4. The predicted octanol–water partition coefficient (Wildman–Crippen LogP) is 1.39. The number of carbonyl (C=O) groups is 1. The lowest BCUT2D eigenvalue weighted by Gasteiger charge is -2.09. The Morgan fingerprint density at radius 2 is 2.33 bits per heavy atom. The SMILES string of the molecule is COCCNC(=O)CNc1ccc(Cl)cc1C#N. The van der Waals surface area contributed by atoms with Crippen molar-refractivity contribution in [3.63, 3.8) is 0 Å². The first-order valence-electron chi connectivity index (χ1n) is 5.36. The first-order chi connectivity index (χ1) is 8.67. The van der Waals surface area contributed by atoms with E-state index >= 15 is 0 Å². The number of anilines is 1. The summed E-state index contributed by atoms with van der Waals surface area (Å²) in [4.78, 5) is 11.4. The van der Waals surface area contributed by atoms with Crippen LogP contribution in [0.4, 0.5) is 5.69 Å². The standard InChI is InChI=1S/C12H14ClN3O2/c1-18-5-4-15-12(17)8-16-11-3-2-10(13)6-9(11)7-14/h2-3,6,16H,4-5,8H2,1H3,(H,15,17). The van der Waals surface area contributed by atoms with Gasteiger partial charge in [0, 0.05) is 18.7 Å². The zero-order valence-electron chi connectivity index (χ0n) is 10.00. The van der Waals surface area contributed by atoms with E-state index in [0.717, 1.165) is 0 Å². The highest BCUT2D eigenvalue weighted by atomic mass is 35.5. The zero-order chi connectivity index (χ0) is 13.4. The molecule has 0 saturated carbocycles. The minimum Gasteiger partial charge on any atom is -0.383 e. The van der Waals surface area contributed by atoms with Crippen molar-refractivity contribution < 1.29 is 9.53 Å². The molecule has 0 bridgehead atoms. The van der Waals surface area contributed by atoms with Crippen molar-refractivity contribution in [3.8, 4) is 6.07 Å². The summed E-state index contributed by atoms with van der Waals surface area (Å²) >= 11 is 5.77. The third-order valence-corrected chi connectivity index (χ3v) is 2.40. The number of nitrogens with zero attached hydrogens (tertiary/aromatic N) is 1. The second-order valence-corrected chi connectivity index (χ2v) is 3.93. The van der Waals surface area contributed by atoms with Crippen LogP contribution in [0.2, 0.25) is 5.02 Å². The van der Waals surface area contributed by atoms with Crippen molar-refractivity contribution >= 4 is 23.2 Å². The van der Waals surface area contributed by atoms with Gasteiger partial charge in [0.25, 0.3) is 0 Å². The van der Waals surface area contributed by atoms with Gasteiger partial charge in [0.15, 0.2) is 0 Å². The Morgan fingerprint density at radius 3 is 3.00 bits per heavy atom. The highest BCUT2D eigenvalue weighted by Crippen LogP contribution is 2.19. The molecule has 0 fully saturated rings. The van der Waals surface area contributed by atoms with E-state index in [-0.39, 0.29) is 12.5 Å². The molecule has 0 aliphatic carbocycles. The number of nitrogens with one attached hydrogen (secondary N) is 2. The maximum Gasteiger partial charge on any atom is 0.239 e. The molecule has 96 valence electrons. The molecule has 6 heteroatoms. The van der Waals surface area contributed by atoms with Gasteiger partial charge in [0.05, 0.1) is 24.4 Å². The van der Waals surface area contributed by atoms with Crippen LogP contribution >= 0.6 is 11.6 Å². The Hall–Kier alpha value is -1.77. The van der Waals surface area contributed by atoms with Crippen LogP contribution in [0.1, 0.15) is 5.56 Å². The normalized spacial score (nSPS) is 9.61. The molecule has 1 rings (SSSR count). The summed E-state index contributed by atoms with van der Waals surface area (Å²) in [6, 6.07) is 6.89. The summed E-state index contributed by atoms with van der Waals surface area (Å²) in [6.07, 6.45) is 0. The predicted molar refractivity (Wildman–Crippen MR) is 69.5 cm³/mol. The number of carbonyl (C=O) groups excluding carboxylic acids is 1. The van der Waals surface area contributed by atoms with E-state index in [1.165, 1.54) is 0 Å². The lowest BCUT2D eigenvalue weighted by Crippen LogP contribution is -2.32. The number of amides is 1. The molecule has 0 spiro atoms. The Kier molecular flexibility index (Phi) is 5.98. The molecule has 1 aromatic carbocycles. The smallest absolute Gasteiger partial charge is 0.239 e. The molecule has 0 unspecified atom stereocenters. The minimum atomic E-state index is -0.161. The first kappa shape index (κ1) is 14.3. The Morgan fingerprint density at radius 1 is 1.56 bits per heavy atom. The quantitative estimate of drug-likeness (QED) is 0.764. The largest absolute Gasteiger partial charge is 0.383 e. The molecule has 0 radical (unpaired) electrons. The van der Waals surface area contributed by atoms with Crippen LogP contribution < -0.4 is 10.6 Å². The molecular weight excluding hydrogens is 254 g/mol. The van der Waals surface area contributed by atoms with Crippen molar-refractivity contribution in [2.45, 2.75) is 0 Å². The third-order valence-electron chi connectivity index (χ3n) is 2.17. The van der Waals surface area contributed by atoms with Crippen molar-refractivity contribution in [3.05, 3.63) is 28.8 Å². The maximum atomic E-state index is 11.4. The maximum absolute atomic E-state index is 11.4. The second kappa shape index (κ2) is 7.54. The molecule has 0 aliphatic heterocycles. The van der Waals surface area contributed by atoms with Gasteiger partial charge in [-0.15, -0.1) is 0 Å². The summed E-state index contributed by atoms with van der Waals surface area (Å²) < 4.78 is 4.81. The monoisotopic (exact) mass is 267 g/mol. The third kappa shape index (κ3) is 4.62. The lowest BCUT2D eigenvalue weighted by atomic mass is 10.2. The molecule has 0 saturated heterocycles. The van der Waals surface area contributed by atoms with Gasteiger partial charge in [-0.25, -0.2) is 0 Å². The average Bonchev–Trinajstić information content (AvgIpc) is 2.37. The Bertz CT molecular complexity index is 457. The topological polar surface area (TPSA) is 74.2 Å². The van der Waals surface area contributed by atoms with E-state index < -0.39 is 0 Å². The lowest BCUT2D eigenvalue weighted by molar-refractivity contribution is -0.119. The highest BCUT2D eigenvalue weighted by molar-refractivity contribution is 6.30. The molecule has 0 atom stereocenters. The van der Waals surface area contributed by atoms with Crippen LogP contribution in [-0.2, 0) is 9.53 Å². The summed E-state index contributed by atoms with van der Waals surface area (Å²) in [6.45, 7) is 1.03. The fourth-order valence-corrected chi connectivity index (χ4v) is 1.47. The van der Waals surface area contributed by atoms with Crippen LogP contribution in [0.15, 0.2) is 18.2 Å². The molecule has 1 amide bonds. The van der Waals surface area contributed by atoms with E-state index in [0.29, 0.717) is 29.4 Å². The van der Waals surface area contributed by atoms with Gasteiger partial charge in [0.2, 0.25) is 5.91 Å². The number of benzene rings is 1. The molecule has 2 N–H and O–H groups in total. The molecule has 18 heavy (non-hydrogen) atoms. The van der Waals surface area contributed by atoms with E-state index in [9.17, 15) is 4.79 Å². The van der Waals surface area contributed by atoms with Crippen molar-refractivity contribution in [1.82, 2.24) is 5.32 Å². The fourth-order valence-electron chi connectivity index (χ4n) is 1.29. The molecule has 0 aromatic heterocycles. The molecule has 0 heterocycles. The summed E-state index contributed by atoms with van der Waals surface area (Å²) in [7, 11) is 1.57. The van der Waals surface area contributed by atoms with Gasteiger partial charge in [-0.3, -0.25) is 4.79 Å². The van der Waals surface area contributed by atoms with E-state index in [2.05, 4.69) is 10.6 Å². The fraction of sp³-hybridized carbons (Fsp3) is 0.333. The van der Waals surface area contributed by atoms with Crippen LogP contribution in [0, 0.1) is 11.3 Å². The van der Waals surface area contributed by atoms with Gasteiger partial charge in [-0.1, -0.05) is 11.6 Å². The minimum absolute atomic E-state index is 0.0972. The number of methoxy groups -OCH3 is 1. The Balaban J connectivity index is 2.48. The van der Waals surface area contributed by atoms with Crippen LogP contribution in [-0.4, -0.2) is 32.7 Å². The first-order valence-corrected chi connectivity index (χ1v) is 5.74.